The number of H-pyrrole nitrogens is 1. The SMILES string of the molecule is CCSc1ccccc1C(=O)NC1CCN(c2cc(C)[nH]n2)CC1. The normalized spacial score (nSPS) is 15.5. The molecule has 0 atom stereocenters. The van der Waals surface area contributed by atoms with Gasteiger partial charge in [0.1, 0.15) is 0 Å². The molecule has 1 fully saturated rings. The molecule has 2 aromatic rings. The Labute approximate surface area is 147 Å². The van der Waals surface area contributed by atoms with Gasteiger partial charge < -0.3 is 10.2 Å². The zero-order chi connectivity index (χ0) is 16.9. The molecule has 1 aliphatic rings. The number of amides is 1. The predicted octanol–water partition coefficient (Wildman–Crippen LogP) is 3.23. The summed E-state index contributed by atoms with van der Waals surface area (Å²) < 4.78 is 0. The van der Waals surface area contributed by atoms with Gasteiger partial charge in [0, 0.05) is 35.8 Å². The summed E-state index contributed by atoms with van der Waals surface area (Å²) in [5.41, 5.74) is 1.86. The lowest BCUT2D eigenvalue weighted by atomic mass is 10.0. The van der Waals surface area contributed by atoms with Gasteiger partial charge in [0.2, 0.25) is 0 Å². The van der Waals surface area contributed by atoms with E-state index in [0.717, 1.165) is 53.7 Å². The molecule has 1 aromatic carbocycles. The lowest BCUT2D eigenvalue weighted by Crippen LogP contribution is -2.45. The second-order valence-corrected chi connectivity index (χ2v) is 7.38. The number of aryl methyl sites for hydroxylation is 1. The average Bonchev–Trinajstić information content (AvgIpc) is 3.03. The topological polar surface area (TPSA) is 61.0 Å². The van der Waals surface area contributed by atoms with E-state index in [2.05, 4.69) is 33.4 Å². The van der Waals surface area contributed by atoms with Gasteiger partial charge in [0.05, 0.1) is 5.56 Å². The number of carbonyl (C=O) groups excluding carboxylic acids is 1. The van der Waals surface area contributed by atoms with Crippen LogP contribution in [0.2, 0.25) is 0 Å². The smallest absolute Gasteiger partial charge is 0.252 e. The molecule has 128 valence electrons. The number of hydrogen-bond acceptors (Lipinski definition) is 4. The molecule has 0 saturated carbocycles. The van der Waals surface area contributed by atoms with E-state index in [1.54, 1.807) is 11.8 Å². The van der Waals surface area contributed by atoms with Crippen LogP contribution in [0.25, 0.3) is 0 Å². The maximum absolute atomic E-state index is 12.6. The first kappa shape index (κ1) is 16.9. The number of aromatic amines is 1. The van der Waals surface area contributed by atoms with Crippen LogP contribution in [0.5, 0.6) is 0 Å². The minimum absolute atomic E-state index is 0.0422. The molecule has 24 heavy (non-hydrogen) atoms. The highest BCUT2D eigenvalue weighted by molar-refractivity contribution is 7.99. The third kappa shape index (κ3) is 3.93. The minimum Gasteiger partial charge on any atom is -0.355 e. The number of anilines is 1. The highest BCUT2D eigenvalue weighted by Crippen LogP contribution is 2.23. The van der Waals surface area contributed by atoms with Crippen molar-refractivity contribution in [1.82, 2.24) is 15.5 Å². The summed E-state index contributed by atoms with van der Waals surface area (Å²) in [6.07, 6.45) is 1.89. The Kier molecular flexibility index (Phi) is 5.45. The van der Waals surface area contributed by atoms with Crippen LogP contribution < -0.4 is 10.2 Å². The van der Waals surface area contributed by atoms with Crippen molar-refractivity contribution in [3.8, 4) is 0 Å². The number of piperidine rings is 1. The van der Waals surface area contributed by atoms with E-state index in [0.29, 0.717) is 0 Å². The first-order valence-corrected chi connectivity index (χ1v) is 9.45. The van der Waals surface area contributed by atoms with Gasteiger partial charge in [-0.05, 0) is 37.7 Å². The van der Waals surface area contributed by atoms with E-state index in [9.17, 15) is 4.79 Å². The van der Waals surface area contributed by atoms with E-state index in [4.69, 9.17) is 0 Å². The summed E-state index contributed by atoms with van der Waals surface area (Å²) in [6, 6.07) is 10.1. The van der Waals surface area contributed by atoms with Gasteiger partial charge in [-0.15, -0.1) is 11.8 Å². The van der Waals surface area contributed by atoms with Gasteiger partial charge in [-0.25, -0.2) is 0 Å². The molecule has 1 aliphatic heterocycles. The Morgan fingerprint density at radius 3 is 2.79 bits per heavy atom. The third-order valence-electron chi connectivity index (χ3n) is 4.28. The summed E-state index contributed by atoms with van der Waals surface area (Å²) >= 11 is 1.71. The number of nitrogens with one attached hydrogen (secondary N) is 2. The van der Waals surface area contributed by atoms with Gasteiger partial charge in [0.15, 0.2) is 5.82 Å². The number of nitrogens with zero attached hydrogens (tertiary/aromatic N) is 2. The average molecular weight is 344 g/mol. The summed E-state index contributed by atoms with van der Waals surface area (Å²) in [5, 5.41) is 10.5. The summed E-state index contributed by atoms with van der Waals surface area (Å²) in [5.74, 6) is 2.01. The van der Waals surface area contributed by atoms with E-state index >= 15 is 0 Å². The lowest BCUT2D eigenvalue weighted by Gasteiger charge is -2.32. The number of carbonyl (C=O) groups is 1. The van der Waals surface area contributed by atoms with Crippen molar-refractivity contribution in [3.05, 3.63) is 41.6 Å². The van der Waals surface area contributed by atoms with Crippen molar-refractivity contribution in [2.24, 2.45) is 0 Å². The molecule has 0 aliphatic carbocycles. The molecule has 6 heteroatoms. The minimum atomic E-state index is 0.0422. The van der Waals surface area contributed by atoms with E-state index in [1.165, 1.54) is 0 Å². The van der Waals surface area contributed by atoms with E-state index < -0.39 is 0 Å². The van der Waals surface area contributed by atoms with Gasteiger partial charge in [0.25, 0.3) is 5.91 Å². The Morgan fingerprint density at radius 1 is 1.38 bits per heavy atom. The van der Waals surface area contributed by atoms with Crippen molar-refractivity contribution in [3.63, 3.8) is 0 Å². The molecule has 0 unspecified atom stereocenters. The van der Waals surface area contributed by atoms with Crippen LogP contribution in [0.4, 0.5) is 5.82 Å². The fraction of sp³-hybridized carbons (Fsp3) is 0.444. The van der Waals surface area contributed by atoms with Crippen LogP contribution in [-0.4, -0.2) is 41.0 Å². The zero-order valence-electron chi connectivity index (χ0n) is 14.2. The summed E-state index contributed by atoms with van der Waals surface area (Å²) in [4.78, 5) is 15.9. The van der Waals surface area contributed by atoms with E-state index in [-0.39, 0.29) is 11.9 Å². The van der Waals surface area contributed by atoms with Crippen molar-refractivity contribution < 1.29 is 4.79 Å². The summed E-state index contributed by atoms with van der Waals surface area (Å²) in [6.45, 7) is 5.95. The quantitative estimate of drug-likeness (QED) is 0.818. The van der Waals surface area contributed by atoms with Crippen LogP contribution in [0, 0.1) is 6.92 Å². The summed E-state index contributed by atoms with van der Waals surface area (Å²) in [7, 11) is 0. The number of hydrogen-bond donors (Lipinski definition) is 2. The number of benzene rings is 1. The zero-order valence-corrected chi connectivity index (χ0v) is 15.0. The third-order valence-corrected chi connectivity index (χ3v) is 5.23. The molecule has 0 radical (unpaired) electrons. The molecule has 3 rings (SSSR count). The van der Waals surface area contributed by atoms with E-state index in [1.807, 2.05) is 31.2 Å². The Balaban J connectivity index is 1.57. The van der Waals surface area contributed by atoms with Crippen molar-refractivity contribution >= 4 is 23.5 Å². The van der Waals surface area contributed by atoms with Crippen LogP contribution in [-0.2, 0) is 0 Å². The predicted molar refractivity (Wildman–Crippen MR) is 98.9 cm³/mol. The van der Waals surface area contributed by atoms with Crippen molar-refractivity contribution in [1.29, 1.82) is 0 Å². The molecule has 2 N–H and O–H groups in total. The maximum atomic E-state index is 12.6. The van der Waals surface area contributed by atoms with Gasteiger partial charge in [-0.2, -0.15) is 5.10 Å². The van der Waals surface area contributed by atoms with Crippen LogP contribution in [0.3, 0.4) is 0 Å². The monoisotopic (exact) mass is 344 g/mol. The standard InChI is InChI=1S/C18H24N4OS/c1-3-24-16-7-5-4-6-15(16)18(23)19-14-8-10-22(11-9-14)17-12-13(2)20-21-17/h4-7,12,14H,3,8-11H2,1-2H3,(H,19,23)(H,20,21). The van der Waals surface area contributed by atoms with Crippen LogP contribution in [0.1, 0.15) is 35.8 Å². The highest BCUT2D eigenvalue weighted by atomic mass is 32.2. The lowest BCUT2D eigenvalue weighted by molar-refractivity contribution is 0.0928. The molecule has 2 heterocycles. The number of aromatic nitrogens is 2. The largest absolute Gasteiger partial charge is 0.355 e. The fourth-order valence-electron chi connectivity index (χ4n) is 3.02. The number of thioether (sulfide) groups is 1. The second kappa shape index (κ2) is 7.75. The second-order valence-electron chi connectivity index (χ2n) is 6.07. The van der Waals surface area contributed by atoms with Gasteiger partial charge in [-0.3, -0.25) is 9.89 Å². The molecule has 1 saturated heterocycles. The molecule has 1 amide bonds. The molecule has 1 aromatic heterocycles. The molecule has 0 bridgehead atoms. The van der Waals surface area contributed by atoms with Crippen LogP contribution in [0.15, 0.2) is 35.2 Å². The first-order chi connectivity index (χ1) is 11.7. The van der Waals surface area contributed by atoms with Gasteiger partial charge >= 0.3 is 0 Å². The first-order valence-electron chi connectivity index (χ1n) is 8.47. The van der Waals surface area contributed by atoms with Crippen molar-refractivity contribution in [2.75, 3.05) is 23.7 Å². The molecular weight excluding hydrogens is 320 g/mol. The molecule has 5 nitrogen and oxygen atoms in total. The highest BCUT2D eigenvalue weighted by Gasteiger charge is 2.23. The Hall–Kier alpha value is -1.95. The Bertz CT molecular complexity index is 692. The Morgan fingerprint density at radius 2 is 2.12 bits per heavy atom. The maximum Gasteiger partial charge on any atom is 0.252 e. The van der Waals surface area contributed by atoms with Crippen LogP contribution >= 0.6 is 11.8 Å². The molecule has 0 spiro atoms. The molecular formula is C18H24N4OS. The van der Waals surface area contributed by atoms with Gasteiger partial charge in [-0.1, -0.05) is 19.1 Å². The van der Waals surface area contributed by atoms with Crippen molar-refractivity contribution in [2.45, 2.75) is 37.6 Å². The fourth-order valence-corrected chi connectivity index (χ4v) is 3.82. The number of rotatable bonds is 5.